The Morgan fingerprint density at radius 3 is 2.21 bits per heavy atom. The summed E-state index contributed by atoms with van der Waals surface area (Å²) in [6, 6.07) is 17.9. The molecule has 0 bridgehead atoms. The highest BCUT2D eigenvalue weighted by Gasteiger charge is 2.07. The molecule has 0 saturated carbocycles. The van der Waals surface area contributed by atoms with Gasteiger partial charge in [0, 0.05) is 32.0 Å². The van der Waals surface area contributed by atoms with Crippen LogP contribution in [0.25, 0.3) is 0 Å². The van der Waals surface area contributed by atoms with Gasteiger partial charge in [0.15, 0.2) is 0 Å². The van der Waals surface area contributed by atoms with Crippen LogP contribution in [-0.2, 0) is 0 Å². The van der Waals surface area contributed by atoms with Gasteiger partial charge in [-0.1, -0.05) is 30.3 Å². The number of rotatable bonds is 5. The first kappa shape index (κ1) is 13.4. The van der Waals surface area contributed by atoms with E-state index in [0.29, 0.717) is 6.54 Å². The van der Waals surface area contributed by atoms with Crippen LogP contribution in [0.2, 0.25) is 0 Å². The molecule has 0 aliphatic heterocycles. The van der Waals surface area contributed by atoms with Crippen LogP contribution >= 0.6 is 0 Å². The fraction of sp³-hybridized carbons (Fsp3) is 0.250. The summed E-state index contributed by atoms with van der Waals surface area (Å²) >= 11 is 0. The normalized spacial score (nSPS) is 11.9. The van der Waals surface area contributed by atoms with Gasteiger partial charge in [-0.25, -0.2) is 0 Å². The molecular weight excluding hydrogens is 236 g/mol. The van der Waals surface area contributed by atoms with Crippen molar-refractivity contribution in [2.24, 2.45) is 0 Å². The zero-order valence-corrected chi connectivity index (χ0v) is 11.4. The molecule has 0 aliphatic rings. The van der Waals surface area contributed by atoms with Crippen molar-refractivity contribution in [3.05, 3.63) is 60.2 Å². The van der Waals surface area contributed by atoms with Gasteiger partial charge in [0.05, 0.1) is 6.10 Å². The number of nitrogens with zero attached hydrogens (tertiary/aromatic N) is 1. The van der Waals surface area contributed by atoms with Gasteiger partial charge in [0.1, 0.15) is 0 Å². The Morgan fingerprint density at radius 1 is 1.00 bits per heavy atom. The van der Waals surface area contributed by atoms with Crippen molar-refractivity contribution in [1.29, 1.82) is 0 Å². The molecule has 100 valence electrons. The summed E-state index contributed by atoms with van der Waals surface area (Å²) in [6.07, 6.45) is -0.503. The number of hydrogen-bond donors (Lipinski definition) is 2. The largest absolute Gasteiger partial charge is 0.387 e. The summed E-state index contributed by atoms with van der Waals surface area (Å²) in [5.74, 6) is 0. The summed E-state index contributed by atoms with van der Waals surface area (Å²) < 4.78 is 0. The lowest BCUT2D eigenvalue weighted by Gasteiger charge is -2.16. The maximum Gasteiger partial charge on any atom is 0.0962 e. The summed E-state index contributed by atoms with van der Waals surface area (Å²) in [6.45, 7) is 0.505. The first-order valence-corrected chi connectivity index (χ1v) is 6.41. The number of aliphatic hydroxyl groups excluding tert-OH is 1. The van der Waals surface area contributed by atoms with Crippen LogP contribution in [0.4, 0.5) is 11.4 Å². The molecule has 19 heavy (non-hydrogen) atoms. The third-order valence-corrected chi connectivity index (χ3v) is 3.07. The molecule has 0 radical (unpaired) electrons. The average Bonchev–Trinajstić information content (AvgIpc) is 2.46. The fourth-order valence-corrected chi connectivity index (χ4v) is 1.88. The lowest BCUT2D eigenvalue weighted by atomic mass is 10.1. The lowest BCUT2D eigenvalue weighted by Crippen LogP contribution is -2.13. The van der Waals surface area contributed by atoms with Crippen molar-refractivity contribution < 1.29 is 5.11 Å². The molecule has 0 aromatic heterocycles. The van der Waals surface area contributed by atoms with E-state index in [2.05, 4.69) is 5.32 Å². The first-order valence-electron chi connectivity index (χ1n) is 6.41. The second-order valence-corrected chi connectivity index (χ2v) is 4.75. The molecule has 0 spiro atoms. The lowest BCUT2D eigenvalue weighted by molar-refractivity contribution is 0.191. The summed E-state index contributed by atoms with van der Waals surface area (Å²) in [5, 5.41) is 13.4. The minimum Gasteiger partial charge on any atom is -0.387 e. The van der Waals surface area contributed by atoms with Crippen LogP contribution in [-0.4, -0.2) is 25.7 Å². The van der Waals surface area contributed by atoms with E-state index < -0.39 is 6.10 Å². The van der Waals surface area contributed by atoms with Crippen LogP contribution in [0.1, 0.15) is 11.7 Å². The average molecular weight is 256 g/mol. The number of aliphatic hydroxyl groups is 1. The maximum absolute atomic E-state index is 10.1. The number of para-hydroxylation sites is 1. The molecule has 2 aromatic carbocycles. The van der Waals surface area contributed by atoms with Crippen molar-refractivity contribution in [2.75, 3.05) is 30.9 Å². The van der Waals surface area contributed by atoms with Crippen LogP contribution in [0.5, 0.6) is 0 Å². The van der Waals surface area contributed by atoms with E-state index in [1.165, 1.54) is 0 Å². The Labute approximate surface area is 114 Å². The number of benzene rings is 2. The molecular formula is C16H20N2O. The first-order chi connectivity index (χ1) is 9.16. The predicted molar refractivity (Wildman–Crippen MR) is 80.7 cm³/mol. The monoisotopic (exact) mass is 256 g/mol. The summed E-state index contributed by atoms with van der Waals surface area (Å²) in [5.41, 5.74) is 3.08. The molecule has 0 amide bonds. The fourth-order valence-electron chi connectivity index (χ4n) is 1.88. The zero-order chi connectivity index (χ0) is 13.7. The van der Waals surface area contributed by atoms with Gasteiger partial charge in [0.2, 0.25) is 0 Å². The van der Waals surface area contributed by atoms with Gasteiger partial charge >= 0.3 is 0 Å². The van der Waals surface area contributed by atoms with Crippen molar-refractivity contribution in [3.63, 3.8) is 0 Å². The van der Waals surface area contributed by atoms with Crippen molar-refractivity contribution in [3.8, 4) is 0 Å². The second kappa shape index (κ2) is 6.25. The molecule has 1 unspecified atom stereocenters. The van der Waals surface area contributed by atoms with Crippen molar-refractivity contribution in [1.82, 2.24) is 0 Å². The second-order valence-electron chi connectivity index (χ2n) is 4.75. The molecule has 3 nitrogen and oxygen atoms in total. The third-order valence-electron chi connectivity index (χ3n) is 3.07. The Bertz CT molecular complexity index is 494. The molecule has 2 aromatic rings. The SMILES string of the molecule is CN(C)c1ccc(C(O)CNc2ccccc2)cc1. The Kier molecular flexibility index (Phi) is 4.42. The van der Waals surface area contributed by atoms with E-state index in [4.69, 9.17) is 0 Å². The van der Waals surface area contributed by atoms with Gasteiger partial charge in [0.25, 0.3) is 0 Å². The van der Waals surface area contributed by atoms with Crippen LogP contribution in [0.3, 0.4) is 0 Å². The van der Waals surface area contributed by atoms with E-state index in [1.807, 2.05) is 73.6 Å². The topological polar surface area (TPSA) is 35.5 Å². The minimum absolute atomic E-state index is 0.503. The number of nitrogens with one attached hydrogen (secondary N) is 1. The van der Waals surface area contributed by atoms with E-state index in [0.717, 1.165) is 16.9 Å². The van der Waals surface area contributed by atoms with Crippen LogP contribution in [0, 0.1) is 0 Å². The highest BCUT2D eigenvalue weighted by atomic mass is 16.3. The standard InChI is InChI=1S/C16H20N2O/c1-18(2)15-10-8-13(9-11-15)16(19)12-17-14-6-4-3-5-7-14/h3-11,16-17,19H,12H2,1-2H3. The Balaban J connectivity index is 1.94. The Hall–Kier alpha value is -2.00. The molecule has 1 atom stereocenters. The molecule has 2 N–H and O–H groups in total. The molecule has 2 rings (SSSR count). The Morgan fingerprint density at radius 2 is 1.63 bits per heavy atom. The van der Waals surface area contributed by atoms with Crippen molar-refractivity contribution in [2.45, 2.75) is 6.10 Å². The highest BCUT2D eigenvalue weighted by Crippen LogP contribution is 2.18. The van der Waals surface area contributed by atoms with E-state index in [1.54, 1.807) is 0 Å². The van der Waals surface area contributed by atoms with Crippen LogP contribution < -0.4 is 10.2 Å². The zero-order valence-electron chi connectivity index (χ0n) is 11.4. The van der Waals surface area contributed by atoms with Gasteiger partial charge in [-0.3, -0.25) is 0 Å². The molecule has 0 fully saturated rings. The molecule has 3 heteroatoms. The van der Waals surface area contributed by atoms with Crippen LogP contribution in [0.15, 0.2) is 54.6 Å². The molecule has 0 heterocycles. The van der Waals surface area contributed by atoms with Gasteiger partial charge in [-0.2, -0.15) is 0 Å². The summed E-state index contributed by atoms with van der Waals surface area (Å²) in [7, 11) is 4.00. The van der Waals surface area contributed by atoms with Gasteiger partial charge < -0.3 is 15.3 Å². The quantitative estimate of drug-likeness (QED) is 0.863. The van der Waals surface area contributed by atoms with E-state index >= 15 is 0 Å². The maximum atomic E-state index is 10.1. The molecule has 0 saturated heterocycles. The summed E-state index contributed by atoms with van der Waals surface area (Å²) in [4.78, 5) is 2.04. The third kappa shape index (κ3) is 3.73. The van der Waals surface area contributed by atoms with E-state index in [-0.39, 0.29) is 0 Å². The number of hydrogen-bond acceptors (Lipinski definition) is 3. The smallest absolute Gasteiger partial charge is 0.0962 e. The highest BCUT2D eigenvalue weighted by molar-refractivity contribution is 5.47. The van der Waals surface area contributed by atoms with Gasteiger partial charge in [-0.15, -0.1) is 0 Å². The molecule has 0 aliphatic carbocycles. The number of anilines is 2. The van der Waals surface area contributed by atoms with Crippen molar-refractivity contribution >= 4 is 11.4 Å². The van der Waals surface area contributed by atoms with E-state index in [9.17, 15) is 5.11 Å². The van der Waals surface area contributed by atoms with Gasteiger partial charge in [-0.05, 0) is 29.8 Å². The minimum atomic E-state index is -0.503. The predicted octanol–water partition coefficient (Wildman–Crippen LogP) is 2.90.